The zero-order valence-corrected chi connectivity index (χ0v) is 11.5. The van der Waals surface area contributed by atoms with Crippen LogP contribution in [0.2, 0.25) is 0 Å². The van der Waals surface area contributed by atoms with Gasteiger partial charge in [-0.1, -0.05) is 6.58 Å². The molecule has 3 atom stereocenters. The monoisotopic (exact) mass is 319 g/mol. The minimum Gasteiger partial charge on any atom is -0.439 e. The number of hydrogen-bond donors (Lipinski definition) is 1. The average molecular weight is 319 g/mol. The lowest BCUT2D eigenvalue weighted by Crippen LogP contribution is -2.39. The van der Waals surface area contributed by atoms with Crippen molar-refractivity contribution in [1.29, 1.82) is 0 Å². The first-order chi connectivity index (χ1) is 10.1. The number of cyclic esters (lactones) is 1. The first-order valence-electron chi connectivity index (χ1n) is 6.32. The molecular weight excluding hydrogens is 306 g/mol. The molecule has 0 bridgehead atoms. The van der Waals surface area contributed by atoms with Gasteiger partial charge in [0, 0.05) is 0 Å². The van der Waals surface area contributed by atoms with Crippen LogP contribution in [0.4, 0.5) is 22.4 Å². The first-order valence-corrected chi connectivity index (χ1v) is 6.32. The van der Waals surface area contributed by atoms with Crippen molar-refractivity contribution < 1.29 is 32.2 Å². The third kappa shape index (κ3) is 2.92. The molecule has 0 aliphatic carbocycles. The fraction of sp³-hybridized carbons (Fsp3) is 0.357. The second-order valence-corrected chi connectivity index (χ2v) is 4.87. The van der Waals surface area contributed by atoms with Crippen LogP contribution in [-0.4, -0.2) is 28.4 Å². The van der Waals surface area contributed by atoms with Gasteiger partial charge in [0.25, 0.3) is 0 Å². The number of rotatable bonds is 3. The molecule has 8 heteroatoms. The maximum absolute atomic E-state index is 13.4. The molecule has 1 saturated heterocycles. The summed E-state index contributed by atoms with van der Waals surface area (Å²) in [5.74, 6) is -1.09. The van der Waals surface area contributed by atoms with E-state index in [1.807, 2.05) is 0 Å². The van der Waals surface area contributed by atoms with E-state index in [4.69, 9.17) is 4.74 Å². The average Bonchev–Trinajstić information content (AvgIpc) is 2.71. The summed E-state index contributed by atoms with van der Waals surface area (Å²) in [6.07, 6.45) is -7.03. The quantitative estimate of drug-likeness (QED) is 0.687. The molecule has 4 nitrogen and oxygen atoms in total. The SMILES string of the molecule is C=CC(O)N1C(=O)O[C@H](c2cc(F)cc(C(F)(F)F)c2)[C@@H]1C. The maximum atomic E-state index is 13.4. The molecule has 120 valence electrons. The number of carbonyl (C=O) groups is 1. The van der Waals surface area contributed by atoms with E-state index in [0.717, 1.165) is 23.1 Å². The predicted octanol–water partition coefficient (Wildman–Crippen LogP) is 3.23. The minimum absolute atomic E-state index is 0.132. The van der Waals surface area contributed by atoms with E-state index in [-0.39, 0.29) is 5.56 Å². The molecule has 0 aromatic heterocycles. The highest BCUT2D eigenvalue weighted by atomic mass is 19.4. The van der Waals surface area contributed by atoms with Gasteiger partial charge in [0.1, 0.15) is 11.9 Å². The smallest absolute Gasteiger partial charge is 0.416 e. The number of carbonyl (C=O) groups excluding carboxylic acids is 1. The molecule has 2 rings (SSSR count). The summed E-state index contributed by atoms with van der Waals surface area (Å²) in [6.45, 7) is 4.80. The van der Waals surface area contributed by atoms with Gasteiger partial charge in [0.05, 0.1) is 11.6 Å². The highest BCUT2D eigenvalue weighted by Gasteiger charge is 2.43. The van der Waals surface area contributed by atoms with E-state index in [2.05, 4.69) is 6.58 Å². The van der Waals surface area contributed by atoms with Gasteiger partial charge in [-0.05, 0) is 36.8 Å². The summed E-state index contributed by atoms with van der Waals surface area (Å²) in [5.41, 5.74) is -1.31. The Morgan fingerprint density at radius 2 is 2.05 bits per heavy atom. The Bertz CT molecular complexity index is 602. The third-order valence-electron chi connectivity index (χ3n) is 3.39. The van der Waals surface area contributed by atoms with Gasteiger partial charge < -0.3 is 9.84 Å². The van der Waals surface area contributed by atoms with E-state index < -0.39 is 42.0 Å². The molecule has 1 heterocycles. The maximum Gasteiger partial charge on any atom is 0.416 e. The molecule has 0 saturated carbocycles. The molecule has 22 heavy (non-hydrogen) atoms. The number of aliphatic hydroxyl groups excluding tert-OH is 1. The number of ether oxygens (including phenoxy) is 1. The summed E-state index contributed by atoms with van der Waals surface area (Å²) in [4.78, 5) is 12.6. The number of amides is 1. The van der Waals surface area contributed by atoms with Gasteiger partial charge >= 0.3 is 12.3 Å². The molecule has 1 fully saturated rings. The van der Waals surface area contributed by atoms with Gasteiger partial charge in [0.15, 0.2) is 6.23 Å². The second kappa shape index (κ2) is 5.60. The van der Waals surface area contributed by atoms with E-state index >= 15 is 0 Å². The Labute approximate surface area is 123 Å². The van der Waals surface area contributed by atoms with Crippen LogP contribution in [0.1, 0.15) is 24.2 Å². The lowest BCUT2D eigenvalue weighted by molar-refractivity contribution is -0.137. The number of nitrogens with zero attached hydrogens (tertiary/aromatic N) is 1. The van der Waals surface area contributed by atoms with Crippen LogP contribution in [-0.2, 0) is 10.9 Å². The largest absolute Gasteiger partial charge is 0.439 e. The molecular formula is C14H13F4NO3. The zero-order chi connectivity index (χ0) is 16.7. The Balaban J connectivity index is 2.39. The molecule has 1 aromatic carbocycles. The van der Waals surface area contributed by atoms with Crippen LogP contribution < -0.4 is 0 Å². The van der Waals surface area contributed by atoms with E-state index in [9.17, 15) is 27.5 Å². The van der Waals surface area contributed by atoms with Gasteiger partial charge in [-0.3, -0.25) is 4.90 Å². The van der Waals surface area contributed by atoms with Crippen LogP contribution in [0, 0.1) is 5.82 Å². The zero-order valence-electron chi connectivity index (χ0n) is 11.5. The normalized spacial score (nSPS) is 23.4. The molecule has 1 N–H and O–H groups in total. The fourth-order valence-corrected chi connectivity index (χ4v) is 2.33. The lowest BCUT2D eigenvalue weighted by atomic mass is 10.0. The lowest BCUT2D eigenvalue weighted by Gasteiger charge is -2.24. The molecule has 1 aliphatic heterocycles. The fourth-order valence-electron chi connectivity index (χ4n) is 2.33. The number of hydrogen-bond acceptors (Lipinski definition) is 3. The number of alkyl halides is 3. The van der Waals surface area contributed by atoms with Crippen molar-refractivity contribution in [3.63, 3.8) is 0 Å². The van der Waals surface area contributed by atoms with Crippen molar-refractivity contribution in [2.24, 2.45) is 0 Å². The minimum atomic E-state index is -4.72. The van der Waals surface area contributed by atoms with E-state index in [0.29, 0.717) is 6.07 Å². The topological polar surface area (TPSA) is 49.8 Å². The summed E-state index contributed by atoms with van der Waals surface area (Å²) in [7, 11) is 0. The van der Waals surface area contributed by atoms with Gasteiger partial charge in [0.2, 0.25) is 0 Å². The van der Waals surface area contributed by atoms with E-state index in [1.165, 1.54) is 6.92 Å². The van der Waals surface area contributed by atoms with Crippen molar-refractivity contribution in [2.75, 3.05) is 0 Å². The van der Waals surface area contributed by atoms with Crippen LogP contribution >= 0.6 is 0 Å². The van der Waals surface area contributed by atoms with Gasteiger partial charge in [-0.25, -0.2) is 9.18 Å². The second-order valence-electron chi connectivity index (χ2n) is 4.87. The Morgan fingerprint density at radius 1 is 1.41 bits per heavy atom. The van der Waals surface area contributed by atoms with E-state index in [1.54, 1.807) is 0 Å². The standard InChI is InChI=1S/C14H13F4NO3/c1-3-11(20)19-7(2)12(22-13(19)21)8-4-9(14(16,17)18)6-10(15)5-8/h3-7,11-12,20H,1H2,2H3/t7-,11?,12-/m0/s1. The number of halogens is 4. The first kappa shape index (κ1) is 16.3. The Hall–Kier alpha value is -2.09. The molecule has 0 radical (unpaired) electrons. The third-order valence-corrected chi connectivity index (χ3v) is 3.39. The molecule has 1 unspecified atom stereocenters. The van der Waals surface area contributed by atoms with Crippen LogP contribution in [0.25, 0.3) is 0 Å². The van der Waals surface area contributed by atoms with Crippen LogP contribution in [0.3, 0.4) is 0 Å². The van der Waals surface area contributed by atoms with Crippen molar-refractivity contribution in [2.45, 2.75) is 31.5 Å². The summed E-state index contributed by atoms with van der Waals surface area (Å²) < 4.78 is 56.6. The number of benzene rings is 1. The summed E-state index contributed by atoms with van der Waals surface area (Å²) in [6, 6.07) is 1.17. The van der Waals surface area contributed by atoms with Crippen molar-refractivity contribution in [1.82, 2.24) is 4.90 Å². The Kier molecular flexibility index (Phi) is 4.15. The van der Waals surface area contributed by atoms with Crippen molar-refractivity contribution in [3.8, 4) is 0 Å². The van der Waals surface area contributed by atoms with Crippen LogP contribution in [0.5, 0.6) is 0 Å². The molecule has 1 aromatic rings. The molecule has 1 aliphatic rings. The number of aliphatic hydroxyl groups is 1. The summed E-state index contributed by atoms with van der Waals surface area (Å²) >= 11 is 0. The highest BCUT2D eigenvalue weighted by Crippen LogP contribution is 2.37. The highest BCUT2D eigenvalue weighted by molar-refractivity contribution is 5.71. The van der Waals surface area contributed by atoms with Crippen molar-refractivity contribution in [3.05, 3.63) is 47.8 Å². The predicted molar refractivity (Wildman–Crippen MR) is 68.1 cm³/mol. The summed E-state index contributed by atoms with van der Waals surface area (Å²) in [5, 5.41) is 9.65. The van der Waals surface area contributed by atoms with Gasteiger partial charge in [-0.15, -0.1) is 0 Å². The van der Waals surface area contributed by atoms with Crippen LogP contribution in [0.15, 0.2) is 30.9 Å². The van der Waals surface area contributed by atoms with Gasteiger partial charge in [-0.2, -0.15) is 13.2 Å². The van der Waals surface area contributed by atoms with Crippen molar-refractivity contribution >= 4 is 6.09 Å². The molecule has 0 spiro atoms. The Morgan fingerprint density at radius 3 is 2.59 bits per heavy atom. The molecule has 1 amide bonds.